The molecule has 0 bridgehead atoms. The normalized spacial score (nSPS) is 23.2. The number of halogens is 3. The van der Waals surface area contributed by atoms with E-state index in [0.717, 1.165) is 17.0 Å². The average molecular weight is 348 g/mol. The number of hydrogen-bond donors (Lipinski definition) is 2. The van der Waals surface area contributed by atoms with Crippen LogP contribution in [-0.4, -0.2) is 51.9 Å². The zero-order valence-corrected chi connectivity index (χ0v) is 12.6. The minimum Gasteiger partial charge on any atom is -0.479 e. The highest BCUT2D eigenvalue weighted by molar-refractivity contribution is 6.02. The molecule has 2 heterocycles. The van der Waals surface area contributed by atoms with Crippen LogP contribution in [0.3, 0.4) is 0 Å². The Balaban J connectivity index is 2.42. The maximum absolute atomic E-state index is 12.8. The van der Waals surface area contributed by atoms with Crippen LogP contribution in [0.4, 0.5) is 19.0 Å². The molecule has 2 N–H and O–H groups in total. The van der Waals surface area contributed by atoms with Crippen LogP contribution in [0.15, 0.2) is 18.2 Å². The van der Waals surface area contributed by atoms with Crippen LogP contribution in [-0.2, 0) is 20.5 Å². The van der Waals surface area contributed by atoms with E-state index in [9.17, 15) is 27.9 Å². The van der Waals surface area contributed by atoms with Crippen molar-refractivity contribution in [3.05, 3.63) is 23.9 Å². The molecule has 1 aromatic rings. The van der Waals surface area contributed by atoms with E-state index < -0.39 is 35.5 Å². The van der Waals surface area contributed by atoms with Gasteiger partial charge in [0.15, 0.2) is 11.7 Å². The van der Waals surface area contributed by atoms with E-state index >= 15 is 0 Å². The van der Waals surface area contributed by atoms with Crippen LogP contribution in [0.25, 0.3) is 0 Å². The molecule has 1 aliphatic rings. The van der Waals surface area contributed by atoms with Crippen molar-refractivity contribution in [3.63, 3.8) is 0 Å². The smallest absolute Gasteiger partial charge is 0.433 e. The topological polar surface area (TPSA) is 100.0 Å². The predicted octanol–water partition coefficient (Wildman–Crippen LogP) is 1.06. The van der Waals surface area contributed by atoms with E-state index in [-0.39, 0.29) is 25.4 Å². The molecule has 0 radical (unpaired) electrons. The van der Waals surface area contributed by atoms with Crippen LogP contribution in [0.2, 0.25) is 0 Å². The van der Waals surface area contributed by atoms with Gasteiger partial charge < -0.3 is 14.9 Å². The Morgan fingerprint density at radius 1 is 1.50 bits per heavy atom. The summed E-state index contributed by atoms with van der Waals surface area (Å²) >= 11 is 0. The number of nitrogens with zero attached hydrogens (tertiary/aromatic N) is 2. The second-order valence-electron chi connectivity index (χ2n) is 5.17. The molecule has 1 saturated heterocycles. The van der Waals surface area contributed by atoms with Gasteiger partial charge in [-0.25, -0.2) is 9.78 Å². The summed E-state index contributed by atoms with van der Waals surface area (Å²) < 4.78 is 43.6. The highest BCUT2D eigenvalue weighted by atomic mass is 19.4. The van der Waals surface area contributed by atoms with Gasteiger partial charge in [-0.2, -0.15) is 13.2 Å². The standard InChI is InChI=1S/C14H15F3N2O5/c1-2-13(10(20)11(21)22)12(23)19(6-7-24-13)9-5-3-4-8(18-9)14(15,16)17/h3-5,10,20H,2,6-7H2,1H3,(H,21,22). The van der Waals surface area contributed by atoms with E-state index in [1.165, 1.54) is 13.0 Å². The third-order valence-electron chi connectivity index (χ3n) is 3.78. The lowest BCUT2D eigenvalue weighted by Crippen LogP contribution is -2.64. The van der Waals surface area contributed by atoms with E-state index in [2.05, 4.69) is 4.98 Å². The fraction of sp³-hybridized carbons (Fsp3) is 0.500. The van der Waals surface area contributed by atoms with Crippen molar-refractivity contribution < 1.29 is 37.7 Å². The van der Waals surface area contributed by atoms with E-state index in [0.29, 0.717) is 0 Å². The quantitative estimate of drug-likeness (QED) is 0.844. The van der Waals surface area contributed by atoms with Crippen molar-refractivity contribution in [2.24, 2.45) is 0 Å². The van der Waals surface area contributed by atoms with Gasteiger partial charge in [0.1, 0.15) is 11.5 Å². The van der Waals surface area contributed by atoms with Gasteiger partial charge in [-0.3, -0.25) is 9.69 Å². The summed E-state index contributed by atoms with van der Waals surface area (Å²) in [6.45, 7) is 1.18. The molecule has 2 unspecified atom stereocenters. The molecule has 0 aromatic carbocycles. The number of ether oxygens (including phenoxy) is 1. The van der Waals surface area contributed by atoms with Gasteiger partial charge in [0.25, 0.3) is 5.91 Å². The Morgan fingerprint density at radius 3 is 2.71 bits per heavy atom. The fourth-order valence-electron chi connectivity index (χ4n) is 2.50. The molecule has 0 aliphatic carbocycles. The van der Waals surface area contributed by atoms with E-state index in [4.69, 9.17) is 9.84 Å². The predicted molar refractivity (Wildman–Crippen MR) is 74.2 cm³/mol. The van der Waals surface area contributed by atoms with E-state index in [1.54, 1.807) is 0 Å². The largest absolute Gasteiger partial charge is 0.479 e. The van der Waals surface area contributed by atoms with Crippen LogP contribution in [0, 0.1) is 0 Å². The second-order valence-corrected chi connectivity index (χ2v) is 5.17. The summed E-state index contributed by atoms with van der Waals surface area (Å²) in [4.78, 5) is 28.0. The highest BCUT2D eigenvalue weighted by Crippen LogP contribution is 2.32. The first kappa shape index (κ1) is 18.1. The first-order valence-corrected chi connectivity index (χ1v) is 7.04. The average Bonchev–Trinajstić information content (AvgIpc) is 2.54. The molecule has 132 valence electrons. The molecule has 1 amide bonds. The summed E-state index contributed by atoms with van der Waals surface area (Å²) in [6.07, 6.45) is -7.01. The third-order valence-corrected chi connectivity index (χ3v) is 3.78. The molecule has 1 aromatic heterocycles. The minimum atomic E-state index is -4.69. The number of aromatic nitrogens is 1. The number of pyridine rings is 1. The van der Waals surface area contributed by atoms with Gasteiger partial charge in [0.05, 0.1) is 13.2 Å². The van der Waals surface area contributed by atoms with Crippen molar-refractivity contribution in [3.8, 4) is 0 Å². The number of carboxylic acids is 1. The van der Waals surface area contributed by atoms with E-state index in [1.807, 2.05) is 0 Å². The zero-order valence-electron chi connectivity index (χ0n) is 12.6. The molecule has 1 aliphatic heterocycles. The molecular formula is C14H15F3N2O5. The summed E-state index contributed by atoms with van der Waals surface area (Å²) in [5.74, 6) is -2.89. The number of morpholine rings is 1. The van der Waals surface area contributed by atoms with Crippen LogP contribution in [0.1, 0.15) is 19.0 Å². The van der Waals surface area contributed by atoms with Crippen molar-refractivity contribution in [2.45, 2.75) is 31.2 Å². The Hall–Kier alpha value is -2.20. The summed E-state index contributed by atoms with van der Waals surface area (Å²) in [7, 11) is 0. The van der Waals surface area contributed by atoms with Gasteiger partial charge >= 0.3 is 12.1 Å². The molecule has 0 spiro atoms. The number of carbonyl (C=O) groups is 2. The first-order chi connectivity index (χ1) is 11.1. The van der Waals surface area contributed by atoms with Gasteiger partial charge in [0.2, 0.25) is 0 Å². The maximum Gasteiger partial charge on any atom is 0.433 e. The molecule has 2 atom stereocenters. The summed E-state index contributed by atoms with van der Waals surface area (Å²) in [6, 6.07) is 3.05. The number of amides is 1. The molecule has 10 heteroatoms. The number of alkyl halides is 3. The molecule has 24 heavy (non-hydrogen) atoms. The number of aliphatic hydroxyl groups excluding tert-OH is 1. The molecule has 0 saturated carbocycles. The van der Waals surface area contributed by atoms with Gasteiger partial charge in [-0.15, -0.1) is 0 Å². The highest BCUT2D eigenvalue weighted by Gasteiger charge is 2.53. The van der Waals surface area contributed by atoms with Crippen LogP contribution < -0.4 is 4.90 Å². The number of hydrogen-bond acceptors (Lipinski definition) is 5. The number of aliphatic hydroxyl groups is 1. The van der Waals surface area contributed by atoms with Gasteiger partial charge in [0, 0.05) is 0 Å². The lowest BCUT2D eigenvalue weighted by molar-refractivity contribution is -0.185. The number of carbonyl (C=O) groups excluding carboxylic acids is 1. The lowest BCUT2D eigenvalue weighted by Gasteiger charge is -2.41. The van der Waals surface area contributed by atoms with Crippen LogP contribution >= 0.6 is 0 Å². The lowest BCUT2D eigenvalue weighted by atomic mass is 9.90. The molecular weight excluding hydrogens is 333 g/mol. The maximum atomic E-state index is 12.8. The molecule has 2 rings (SSSR count). The van der Waals surface area contributed by atoms with Gasteiger partial charge in [-0.05, 0) is 18.6 Å². The minimum absolute atomic E-state index is 0.110. The van der Waals surface area contributed by atoms with Crippen LogP contribution in [0.5, 0.6) is 0 Å². The van der Waals surface area contributed by atoms with Crippen molar-refractivity contribution in [1.29, 1.82) is 0 Å². The number of carboxylic acid groups (broad SMARTS) is 1. The number of aliphatic carboxylic acids is 1. The fourth-order valence-corrected chi connectivity index (χ4v) is 2.50. The summed E-state index contributed by atoms with van der Waals surface area (Å²) in [5.41, 5.74) is -3.25. The van der Waals surface area contributed by atoms with Gasteiger partial charge in [-0.1, -0.05) is 13.0 Å². The Kier molecular flexibility index (Phi) is 4.81. The van der Waals surface area contributed by atoms with Crippen molar-refractivity contribution in [2.75, 3.05) is 18.1 Å². The first-order valence-electron chi connectivity index (χ1n) is 7.04. The monoisotopic (exact) mass is 348 g/mol. The third kappa shape index (κ3) is 3.06. The zero-order chi connectivity index (χ0) is 18.1. The molecule has 1 fully saturated rings. The Bertz CT molecular complexity index is 652. The van der Waals surface area contributed by atoms with Crippen molar-refractivity contribution >= 4 is 17.7 Å². The second kappa shape index (κ2) is 6.36. The summed E-state index contributed by atoms with van der Waals surface area (Å²) in [5, 5.41) is 18.8. The SMILES string of the molecule is CCC1(C(O)C(=O)O)OCCN(c2cccc(C(F)(F)F)n2)C1=O. The number of anilines is 1. The molecule has 7 nitrogen and oxygen atoms in total. The Morgan fingerprint density at radius 2 is 2.17 bits per heavy atom. The number of rotatable bonds is 4. The van der Waals surface area contributed by atoms with Crippen molar-refractivity contribution in [1.82, 2.24) is 4.98 Å². The Labute approximate surface area is 134 Å².